The van der Waals surface area contributed by atoms with E-state index in [4.69, 9.17) is 0 Å². The van der Waals surface area contributed by atoms with Gasteiger partial charge >= 0.3 is 0 Å². The molecule has 2 rings (SSSR count). The van der Waals surface area contributed by atoms with Crippen molar-refractivity contribution in [2.45, 2.75) is 27.7 Å². The first-order chi connectivity index (χ1) is 11.7. The molecular formula is C19H27N4O. The highest BCUT2D eigenvalue weighted by atomic mass is 16.2. The summed E-state index contributed by atoms with van der Waals surface area (Å²) in [7, 11) is 0. The molecule has 0 atom stereocenters. The van der Waals surface area contributed by atoms with Crippen LogP contribution in [0.5, 0.6) is 0 Å². The maximum Gasteiger partial charge on any atom is 0.261 e. The minimum absolute atomic E-state index is 0.0565. The van der Waals surface area contributed by atoms with E-state index < -0.39 is 0 Å². The molecule has 0 saturated heterocycles. The topological polar surface area (TPSA) is 39.1 Å². The molecule has 0 unspecified atom stereocenters. The molecule has 1 aliphatic heterocycles. The Kier molecular flexibility index (Phi) is 6.41. The molecule has 0 aromatic heterocycles. The Balaban J connectivity index is 2.37. The standard InChI is InChI=1S/C19H27N4O/c1-5-21(6-2)17-14-20-19(22(7-3)8-4)23(15-17)18(24)16-12-10-9-11-13-16/h9-15H,5-8H2,1-4H3. The minimum Gasteiger partial charge on any atom is -0.372 e. The van der Waals surface area contributed by atoms with Gasteiger partial charge in [-0.1, -0.05) is 18.2 Å². The minimum atomic E-state index is -0.0565. The van der Waals surface area contributed by atoms with Gasteiger partial charge in [0, 0.05) is 31.7 Å². The van der Waals surface area contributed by atoms with Gasteiger partial charge in [0.15, 0.2) is 0 Å². The third kappa shape index (κ3) is 3.78. The van der Waals surface area contributed by atoms with Crippen LogP contribution >= 0.6 is 0 Å². The van der Waals surface area contributed by atoms with Crippen molar-refractivity contribution in [3.63, 3.8) is 0 Å². The van der Waals surface area contributed by atoms with Gasteiger partial charge in [-0.2, -0.15) is 0 Å². The highest BCUT2D eigenvalue weighted by molar-refractivity contribution is 6.07. The Labute approximate surface area is 145 Å². The predicted octanol–water partition coefficient (Wildman–Crippen LogP) is 3.19. The van der Waals surface area contributed by atoms with Gasteiger partial charge in [0.1, 0.15) is 6.54 Å². The molecule has 1 heterocycles. The number of guanidine groups is 1. The van der Waals surface area contributed by atoms with Crippen LogP contribution in [0.1, 0.15) is 38.1 Å². The lowest BCUT2D eigenvalue weighted by Crippen LogP contribution is -2.48. The van der Waals surface area contributed by atoms with Crippen molar-refractivity contribution in [3.8, 4) is 0 Å². The summed E-state index contributed by atoms with van der Waals surface area (Å²) in [5, 5.41) is 0. The summed E-state index contributed by atoms with van der Waals surface area (Å²) in [5.74, 6) is 0.628. The monoisotopic (exact) mass is 327 g/mol. The van der Waals surface area contributed by atoms with E-state index >= 15 is 0 Å². The largest absolute Gasteiger partial charge is 0.372 e. The predicted molar refractivity (Wildman–Crippen MR) is 98.3 cm³/mol. The fourth-order valence-corrected chi connectivity index (χ4v) is 2.77. The summed E-state index contributed by atoms with van der Waals surface area (Å²) >= 11 is 0. The Morgan fingerprint density at radius 2 is 1.54 bits per heavy atom. The number of nitrogens with zero attached hydrogens (tertiary/aromatic N) is 4. The average Bonchev–Trinajstić information content (AvgIpc) is 2.64. The number of rotatable bonds is 6. The summed E-state index contributed by atoms with van der Waals surface area (Å²) in [6.45, 7) is 13.6. The van der Waals surface area contributed by atoms with Gasteiger partial charge in [0.2, 0.25) is 5.96 Å². The molecule has 0 saturated carbocycles. The van der Waals surface area contributed by atoms with Gasteiger partial charge in [0.05, 0.1) is 11.9 Å². The zero-order valence-electron chi connectivity index (χ0n) is 15.1. The number of hydrogen-bond acceptors (Lipinski definition) is 4. The zero-order valence-corrected chi connectivity index (χ0v) is 15.1. The van der Waals surface area contributed by atoms with Gasteiger partial charge in [-0.05, 0) is 39.8 Å². The van der Waals surface area contributed by atoms with Crippen LogP contribution in [0.25, 0.3) is 0 Å². The van der Waals surface area contributed by atoms with E-state index in [-0.39, 0.29) is 5.91 Å². The summed E-state index contributed by atoms with van der Waals surface area (Å²) in [6, 6.07) is 9.35. The lowest BCUT2D eigenvalue weighted by Gasteiger charge is -2.36. The van der Waals surface area contributed by atoms with Crippen LogP contribution in [-0.2, 0) is 0 Å². The molecule has 0 fully saturated rings. The first kappa shape index (κ1) is 18.0. The molecule has 1 aliphatic rings. The van der Waals surface area contributed by atoms with Crippen LogP contribution in [0.3, 0.4) is 0 Å². The first-order valence-corrected chi connectivity index (χ1v) is 8.67. The second-order valence-corrected chi connectivity index (χ2v) is 5.50. The van der Waals surface area contributed by atoms with Crippen LogP contribution in [-0.4, -0.2) is 52.7 Å². The molecule has 5 nitrogen and oxygen atoms in total. The van der Waals surface area contributed by atoms with E-state index in [9.17, 15) is 4.79 Å². The van der Waals surface area contributed by atoms with Crippen LogP contribution in [0, 0.1) is 6.54 Å². The molecule has 0 aliphatic carbocycles. The van der Waals surface area contributed by atoms with Crippen LogP contribution < -0.4 is 0 Å². The SMILES string of the molecule is CCN(CC)C1=CN=C(N(CC)CC)N(C(=O)c2ccccc2)[CH]1. The van der Waals surface area contributed by atoms with Crippen molar-refractivity contribution in [1.82, 2.24) is 14.7 Å². The smallest absolute Gasteiger partial charge is 0.261 e. The highest BCUT2D eigenvalue weighted by Gasteiger charge is 2.29. The summed E-state index contributed by atoms with van der Waals surface area (Å²) in [5.41, 5.74) is 1.62. The van der Waals surface area contributed by atoms with Gasteiger partial charge in [-0.3, -0.25) is 9.69 Å². The van der Waals surface area contributed by atoms with Crippen LogP contribution in [0.2, 0.25) is 0 Å². The molecule has 1 aromatic carbocycles. The van der Waals surface area contributed by atoms with Crippen molar-refractivity contribution >= 4 is 11.9 Å². The summed E-state index contributed by atoms with van der Waals surface area (Å²) in [6.07, 6.45) is 1.86. The van der Waals surface area contributed by atoms with Crippen molar-refractivity contribution in [2.24, 2.45) is 4.99 Å². The lowest BCUT2D eigenvalue weighted by atomic mass is 10.2. The Bertz CT molecular complexity index is 601. The number of amides is 1. The maximum absolute atomic E-state index is 13.0. The molecule has 24 heavy (non-hydrogen) atoms. The van der Waals surface area contributed by atoms with Crippen molar-refractivity contribution in [3.05, 3.63) is 54.3 Å². The first-order valence-electron chi connectivity index (χ1n) is 8.67. The molecule has 0 N–H and O–H groups in total. The molecule has 5 heteroatoms. The molecule has 0 spiro atoms. The zero-order chi connectivity index (χ0) is 17.5. The number of hydrogen-bond donors (Lipinski definition) is 0. The highest BCUT2D eigenvalue weighted by Crippen LogP contribution is 2.21. The van der Waals surface area contributed by atoms with Crippen molar-refractivity contribution in [1.29, 1.82) is 0 Å². The van der Waals surface area contributed by atoms with E-state index in [1.54, 1.807) is 4.90 Å². The second-order valence-electron chi connectivity index (χ2n) is 5.50. The van der Waals surface area contributed by atoms with Crippen molar-refractivity contribution < 1.29 is 4.79 Å². The fourth-order valence-electron chi connectivity index (χ4n) is 2.77. The molecule has 129 valence electrons. The van der Waals surface area contributed by atoms with E-state index in [2.05, 4.69) is 42.5 Å². The maximum atomic E-state index is 13.0. The van der Waals surface area contributed by atoms with Gasteiger partial charge in [-0.25, -0.2) is 4.99 Å². The Morgan fingerprint density at radius 1 is 0.958 bits per heavy atom. The Hall–Kier alpha value is -2.30. The number of likely N-dealkylation sites (N-methyl/N-ethyl adjacent to an activating group) is 1. The fraction of sp³-hybridized carbons (Fsp3) is 0.421. The van der Waals surface area contributed by atoms with E-state index in [1.165, 1.54) is 0 Å². The van der Waals surface area contributed by atoms with E-state index in [0.29, 0.717) is 11.5 Å². The van der Waals surface area contributed by atoms with Gasteiger partial charge in [-0.15, -0.1) is 0 Å². The molecular weight excluding hydrogens is 300 g/mol. The number of benzene rings is 1. The third-order valence-electron chi connectivity index (χ3n) is 4.20. The third-order valence-corrected chi connectivity index (χ3v) is 4.20. The van der Waals surface area contributed by atoms with Gasteiger partial charge in [0.25, 0.3) is 5.91 Å². The van der Waals surface area contributed by atoms with E-state index in [0.717, 1.165) is 31.9 Å². The second kappa shape index (κ2) is 8.52. The van der Waals surface area contributed by atoms with Crippen molar-refractivity contribution in [2.75, 3.05) is 26.2 Å². The average molecular weight is 327 g/mol. The molecule has 0 bridgehead atoms. The molecule has 1 amide bonds. The normalized spacial score (nSPS) is 14.1. The van der Waals surface area contributed by atoms with Crippen LogP contribution in [0.15, 0.2) is 47.2 Å². The quantitative estimate of drug-likeness (QED) is 0.805. The Morgan fingerprint density at radius 3 is 2.08 bits per heavy atom. The van der Waals surface area contributed by atoms with Gasteiger partial charge < -0.3 is 9.80 Å². The molecule has 1 radical (unpaired) electrons. The summed E-state index contributed by atoms with van der Waals surface area (Å²) in [4.78, 5) is 23.6. The lowest BCUT2D eigenvalue weighted by molar-refractivity contribution is 0.0856. The number of carbonyl (C=O) groups excluding carboxylic acids is 1. The van der Waals surface area contributed by atoms with Crippen LogP contribution in [0.4, 0.5) is 0 Å². The summed E-state index contributed by atoms with van der Waals surface area (Å²) < 4.78 is 0. The number of carbonyl (C=O) groups is 1. The molecule has 1 aromatic rings. The van der Waals surface area contributed by atoms with E-state index in [1.807, 2.05) is 43.1 Å². The number of aliphatic imine (C=N–C) groups is 1.